The van der Waals surface area contributed by atoms with E-state index in [-0.39, 0.29) is 0 Å². The average Bonchev–Trinajstić information content (AvgIpc) is 2.49. The number of nitrogens with zero attached hydrogens (tertiary/aromatic N) is 3. The van der Waals surface area contributed by atoms with Crippen LogP contribution in [0.25, 0.3) is 0 Å². The monoisotopic (exact) mass is 282 g/mol. The van der Waals surface area contributed by atoms with Crippen LogP contribution in [0.3, 0.4) is 0 Å². The van der Waals surface area contributed by atoms with E-state index in [9.17, 15) is 0 Å². The van der Waals surface area contributed by atoms with Crippen LogP contribution in [0.15, 0.2) is 0 Å². The van der Waals surface area contributed by atoms with Crippen molar-refractivity contribution in [3.05, 3.63) is 0 Å². The summed E-state index contributed by atoms with van der Waals surface area (Å²) in [4.78, 5) is 7.62. The van der Waals surface area contributed by atoms with Crippen LogP contribution in [-0.2, 0) is 0 Å². The third-order valence-corrected chi connectivity index (χ3v) is 5.19. The number of likely N-dealkylation sites (tertiary alicyclic amines) is 1. The van der Waals surface area contributed by atoms with Crippen molar-refractivity contribution in [1.82, 2.24) is 20.0 Å². The Morgan fingerprint density at radius 3 is 2.55 bits per heavy atom. The number of hydrogen-bond acceptors (Lipinski definition) is 4. The zero-order valence-electron chi connectivity index (χ0n) is 13.8. The number of likely N-dealkylation sites (N-methyl/N-ethyl adjacent to an activating group) is 1. The highest BCUT2D eigenvalue weighted by atomic mass is 15.2. The van der Waals surface area contributed by atoms with Gasteiger partial charge in [0.2, 0.25) is 0 Å². The molecule has 2 aliphatic rings. The molecule has 4 heteroatoms. The minimum Gasteiger partial charge on any atom is -0.313 e. The summed E-state index contributed by atoms with van der Waals surface area (Å²) in [5.41, 5.74) is 0. The van der Waals surface area contributed by atoms with Gasteiger partial charge in [0.15, 0.2) is 0 Å². The molecule has 0 aliphatic carbocycles. The maximum Gasteiger partial charge on any atom is 0.0110 e. The van der Waals surface area contributed by atoms with E-state index in [2.05, 4.69) is 40.9 Å². The van der Waals surface area contributed by atoms with Crippen LogP contribution >= 0.6 is 0 Å². The van der Waals surface area contributed by atoms with Crippen molar-refractivity contribution in [3.8, 4) is 0 Å². The van der Waals surface area contributed by atoms with Crippen molar-refractivity contribution in [2.45, 2.75) is 32.7 Å². The van der Waals surface area contributed by atoms with Crippen molar-refractivity contribution in [3.63, 3.8) is 0 Å². The molecule has 118 valence electrons. The highest BCUT2D eigenvalue weighted by Crippen LogP contribution is 2.19. The van der Waals surface area contributed by atoms with Gasteiger partial charge in [-0.25, -0.2) is 0 Å². The maximum atomic E-state index is 3.77. The standard InChI is InChI=1S/C16H34N4/c1-4-19-8-5-6-16(14-19)15(2)17-7-9-20-12-10-18(3)11-13-20/h15-17H,4-14H2,1-3H3. The SMILES string of the molecule is CCN1CCCC(C(C)NCCN2CCN(C)CC2)C1. The largest absolute Gasteiger partial charge is 0.313 e. The van der Waals surface area contributed by atoms with E-state index in [0.717, 1.165) is 12.5 Å². The Labute approximate surface area is 125 Å². The summed E-state index contributed by atoms with van der Waals surface area (Å²) in [6.45, 7) is 15.8. The molecule has 2 unspecified atom stereocenters. The van der Waals surface area contributed by atoms with Gasteiger partial charge in [-0.3, -0.25) is 4.90 Å². The van der Waals surface area contributed by atoms with Gasteiger partial charge in [-0.05, 0) is 45.8 Å². The highest BCUT2D eigenvalue weighted by molar-refractivity contribution is 4.80. The molecule has 20 heavy (non-hydrogen) atoms. The van der Waals surface area contributed by atoms with Crippen LogP contribution < -0.4 is 5.32 Å². The molecule has 2 atom stereocenters. The molecule has 0 amide bonds. The molecule has 0 spiro atoms. The summed E-state index contributed by atoms with van der Waals surface area (Å²) in [5.74, 6) is 0.844. The van der Waals surface area contributed by atoms with Crippen molar-refractivity contribution < 1.29 is 0 Å². The van der Waals surface area contributed by atoms with Crippen molar-refractivity contribution in [1.29, 1.82) is 0 Å². The molecule has 0 bridgehead atoms. The van der Waals surface area contributed by atoms with E-state index in [0.29, 0.717) is 6.04 Å². The van der Waals surface area contributed by atoms with Gasteiger partial charge >= 0.3 is 0 Å². The summed E-state index contributed by atoms with van der Waals surface area (Å²) in [7, 11) is 2.22. The lowest BCUT2D eigenvalue weighted by Crippen LogP contribution is -2.49. The van der Waals surface area contributed by atoms with E-state index >= 15 is 0 Å². The molecule has 0 aromatic heterocycles. The molecule has 2 rings (SSSR count). The van der Waals surface area contributed by atoms with E-state index in [1.54, 1.807) is 0 Å². The second kappa shape index (κ2) is 8.32. The molecular formula is C16H34N4. The van der Waals surface area contributed by atoms with E-state index in [4.69, 9.17) is 0 Å². The topological polar surface area (TPSA) is 21.8 Å². The van der Waals surface area contributed by atoms with Crippen LogP contribution in [-0.4, -0.2) is 86.7 Å². The first-order valence-corrected chi connectivity index (χ1v) is 8.55. The average molecular weight is 282 g/mol. The van der Waals surface area contributed by atoms with Crippen LogP contribution in [0.5, 0.6) is 0 Å². The fourth-order valence-electron chi connectivity index (χ4n) is 3.48. The minimum absolute atomic E-state index is 0.664. The van der Waals surface area contributed by atoms with Crippen LogP contribution in [0, 0.1) is 5.92 Å². The molecule has 0 radical (unpaired) electrons. The summed E-state index contributed by atoms with van der Waals surface area (Å²) >= 11 is 0. The Morgan fingerprint density at radius 2 is 1.85 bits per heavy atom. The predicted octanol–water partition coefficient (Wildman–Crippen LogP) is 0.944. The normalized spacial score (nSPS) is 28.6. The zero-order valence-corrected chi connectivity index (χ0v) is 13.8. The van der Waals surface area contributed by atoms with Gasteiger partial charge in [-0.2, -0.15) is 0 Å². The van der Waals surface area contributed by atoms with Gasteiger partial charge in [0, 0.05) is 51.9 Å². The van der Waals surface area contributed by atoms with Gasteiger partial charge in [-0.1, -0.05) is 6.92 Å². The third kappa shape index (κ3) is 4.99. The molecule has 0 aromatic rings. The molecule has 1 N–H and O–H groups in total. The van der Waals surface area contributed by atoms with Gasteiger partial charge in [0.25, 0.3) is 0 Å². The molecule has 0 saturated carbocycles. The highest BCUT2D eigenvalue weighted by Gasteiger charge is 2.23. The lowest BCUT2D eigenvalue weighted by Gasteiger charge is -2.36. The number of hydrogen-bond donors (Lipinski definition) is 1. The molecule has 2 fully saturated rings. The van der Waals surface area contributed by atoms with Crippen LogP contribution in [0.4, 0.5) is 0 Å². The van der Waals surface area contributed by atoms with E-state index in [1.165, 1.54) is 65.2 Å². The zero-order chi connectivity index (χ0) is 14.4. The first-order chi connectivity index (χ1) is 9.69. The van der Waals surface area contributed by atoms with Crippen molar-refractivity contribution in [2.24, 2.45) is 5.92 Å². The Balaban J connectivity index is 1.61. The minimum atomic E-state index is 0.664. The Hall–Kier alpha value is -0.160. The maximum absolute atomic E-state index is 3.77. The van der Waals surface area contributed by atoms with Crippen LogP contribution in [0.2, 0.25) is 0 Å². The lowest BCUT2D eigenvalue weighted by atomic mass is 9.91. The van der Waals surface area contributed by atoms with Crippen molar-refractivity contribution >= 4 is 0 Å². The van der Waals surface area contributed by atoms with Gasteiger partial charge in [0.1, 0.15) is 0 Å². The number of piperidine rings is 1. The quantitative estimate of drug-likeness (QED) is 0.783. The Kier molecular flexibility index (Phi) is 6.75. The predicted molar refractivity (Wildman–Crippen MR) is 86.2 cm³/mol. The molecule has 4 nitrogen and oxygen atoms in total. The molecular weight excluding hydrogens is 248 g/mol. The lowest BCUT2D eigenvalue weighted by molar-refractivity contribution is 0.141. The molecule has 2 saturated heterocycles. The van der Waals surface area contributed by atoms with Gasteiger partial charge in [-0.15, -0.1) is 0 Å². The first-order valence-electron chi connectivity index (χ1n) is 8.55. The number of rotatable bonds is 6. The fraction of sp³-hybridized carbons (Fsp3) is 1.00. The number of piperazine rings is 1. The molecule has 0 aromatic carbocycles. The van der Waals surface area contributed by atoms with Crippen molar-refractivity contribution in [2.75, 3.05) is 66.0 Å². The van der Waals surface area contributed by atoms with E-state index in [1.807, 2.05) is 0 Å². The smallest absolute Gasteiger partial charge is 0.0110 e. The second-order valence-electron chi connectivity index (χ2n) is 6.68. The Morgan fingerprint density at radius 1 is 1.10 bits per heavy atom. The summed E-state index contributed by atoms with van der Waals surface area (Å²) < 4.78 is 0. The Bertz CT molecular complexity index is 263. The summed E-state index contributed by atoms with van der Waals surface area (Å²) in [6.07, 6.45) is 2.78. The number of nitrogens with one attached hydrogen (secondary N) is 1. The van der Waals surface area contributed by atoms with Gasteiger partial charge < -0.3 is 15.1 Å². The first kappa shape index (κ1) is 16.2. The fourth-order valence-corrected chi connectivity index (χ4v) is 3.48. The molecule has 2 heterocycles. The molecule has 2 aliphatic heterocycles. The summed E-state index contributed by atoms with van der Waals surface area (Å²) in [5, 5.41) is 3.77. The summed E-state index contributed by atoms with van der Waals surface area (Å²) in [6, 6.07) is 0.664. The second-order valence-corrected chi connectivity index (χ2v) is 6.68. The van der Waals surface area contributed by atoms with E-state index < -0.39 is 0 Å². The van der Waals surface area contributed by atoms with Crippen LogP contribution in [0.1, 0.15) is 26.7 Å². The third-order valence-electron chi connectivity index (χ3n) is 5.19. The van der Waals surface area contributed by atoms with Gasteiger partial charge in [0.05, 0.1) is 0 Å².